The highest BCUT2D eigenvalue weighted by molar-refractivity contribution is 9.10. The monoisotopic (exact) mass is 349 g/mol. The van der Waals surface area contributed by atoms with Crippen LogP contribution in [0.3, 0.4) is 0 Å². The van der Waals surface area contributed by atoms with E-state index in [4.69, 9.17) is 4.74 Å². The molecule has 0 saturated heterocycles. The third-order valence-corrected chi connectivity index (χ3v) is 4.19. The van der Waals surface area contributed by atoms with Gasteiger partial charge in [-0.3, -0.25) is 0 Å². The molecule has 2 aromatic carbocycles. The van der Waals surface area contributed by atoms with Crippen molar-refractivity contribution in [3.63, 3.8) is 0 Å². The van der Waals surface area contributed by atoms with E-state index in [1.165, 1.54) is 30.5 Å². The largest absolute Gasteiger partial charge is 0.456 e. The molecule has 0 heterocycles. The maximum atomic E-state index is 13.3. The number of benzene rings is 2. The van der Waals surface area contributed by atoms with Gasteiger partial charge in [0.25, 0.3) is 0 Å². The number of ether oxygens (including phenoxy) is 1. The van der Waals surface area contributed by atoms with Gasteiger partial charge in [-0.15, -0.1) is 0 Å². The average Bonchev–Trinajstić information content (AvgIpc) is 3.28. The van der Waals surface area contributed by atoms with E-state index in [-0.39, 0.29) is 5.82 Å². The standard InChI is InChI=1S/C17H17BrFNO/c1-11-2-3-12(10-20-14-5-6-14)8-16(11)21-17-9-13(19)4-7-15(17)18/h2-4,7-9,14,20H,5-6,10H2,1H3. The van der Waals surface area contributed by atoms with Gasteiger partial charge in [-0.1, -0.05) is 12.1 Å². The van der Waals surface area contributed by atoms with Gasteiger partial charge in [0.05, 0.1) is 4.47 Å². The van der Waals surface area contributed by atoms with Crippen LogP contribution in [-0.4, -0.2) is 6.04 Å². The lowest BCUT2D eigenvalue weighted by molar-refractivity contribution is 0.469. The van der Waals surface area contributed by atoms with Crippen LogP contribution in [-0.2, 0) is 6.54 Å². The lowest BCUT2D eigenvalue weighted by Gasteiger charge is -2.12. The van der Waals surface area contributed by atoms with Crippen LogP contribution in [0.1, 0.15) is 24.0 Å². The minimum atomic E-state index is -0.308. The zero-order valence-corrected chi connectivity index (χ0v) is 13.4. The summed E-state index contributed by atoms with van der Waals surface area (Å²) in [7, 11) is 0. The van der Waals surface area contributed by atoms with Crippen LogP contribution in [0, 0.1) is 12.7 Å². The summed E-state index contributed by atoms with van der Waals surface area (Å²) in [5, 5.41) is 3.48. The Labute approximate surface area is 132 Å². The molecular formula is C17H17BrFNO. The van der Waals surface area contributed by atoms with Crippen molar-refractivity contribution in [1.82, 2.24) is 5.32 Å². The van der Waals surface area contributed by atoms with Crippen LogP contribution in [0.4, 0.5) is 4.39 Å². The van der Waals surface area contributed by atoms with Crippen molar-refractivity contribution in [3.05, 3.63) is 57.8 Å². The van der Waals surface area contributed by atoms with Crippen molar-refractivity contribution < 1.29 is 9.13 Å². The number of halogens is 2. The van der Waals surface area contributed by atoms with Crippen molar-refractivity contribution in [2.24, 2.45) is 0 Å². The highest BCUT2D eigenvalue weighted by Gasteiger charge is 2.20. The number of rotatable bonds is 5. The van der Waals surface area contributed by atoms with E-state index in [0.717, 1.165) is 22.3 Å². The van der Waals surface area contributed by atoms with E-state index in [0.29, 0.717) is 11.8 Å². The Bertz CT molecular complexity index is 655. The summed E-state index contributed by atoms with van der Waals surface area (Å²) in [6.07, 6.45) is 2.54. The minimum Gasteiger partial charge on any atom is -0.456 e. The van der Waals surface area contributed by atoms with Crippen molar-refractivity contribution in [2.45, 2.75) is 32.4 Å². The molecule has 0 radical (unpaired) electrons. The van der Waals surface area contributed by atoms with Gasteiger partial charge >= 0.3 is 0 Å². The Hall–Kier alpha value is -1.39. The molecule has 0 spiro atoms. The quantitative estimate of drug-likeness (QED) is 0.825. The van der Waals surface area contributed by atoms with E-state index in [1.807, 2.05) is 19.1 Å². The van der Waals surface area contributed by atoms with E-state index in [1.54, 1.807) is 6.07 Å². The molecule has 1 aliphatic carbocycles. The third-order valence-electron chi connectivity index (χ3n) is 3.54. The molecule has 0 amide bonds. The lowest BCUT2D eigenvalue weighted by atomic mass is 10.1. The average molecular weight is 350 g/mol. The van der Waals surface area contributed by atoms with Gasteiger partial charge in [0.2, 0.25) is 0 Å². The lowest BCUT2D eigenvalue weighted by Crippen LogP contribution is -2.15. The van der Waals surface area contributed by atoms with Crippen LogP contribution in [0.5, 0.6) is 11.5 Å². The van der Waals surface area contributed by atoms with Gasteiger partial charge in [-0.2, -0.15) is 0 Å². The zero-order valence-electron chi connectivity index (χ0n) is 11.8. The van der Waals surface area contributed by atoms with E-state index in [2.05, 4.69) is 27.3 Å². The van der Waals surface area contributed by atoms with E-state index in [9.17, 15) is 4.39 Å². The second-order valence-electron chi connectivity index (χ2n) is 5.43. The minimum absolute atomic E-state index is 0.308. The van der Waals surface area contributed by atoms with Crippen molar-refractivity contribution in [2.75, 3.05) is 0 Å². The highest BCUT2D eigenvalue weighted by atomic mass is 79.9. The number of aryl methyl sites for hydroxylation is 1. The summed E-state index contributed by atoms with van der Waals surface area (Å²) in [6, 6.07) is 11.3. The Morgan fingerprint density at radius 3 is 2.76 bits per heavy atom. The second-order valence-corrected chi connectivity index (χ2v) is 6.29. The zero-order chi connectivity index (χ0) is 14.8. The summed E-state index contributed by atoms with van der Waals surface area (Å²) < 4.78 is 19.9. The first-order valence-corrected chi connectivity index (χ1v) is 7.87. The first kappa shape index (κ1) is 14.5. The molecule has 0 aromatic heterocycles. The first-order chi connectivity index (χ1) is 10.1. The van der Waals surface area contributed by atoms with Gasteiger partial charge in [-0.05, 0) is 65.0 Å². The molecule has 1 N–H and O–H groups in total. The highest BCUT2D eigenvalue weighted by Crippen LogP contribution is 2.32. The number of nitrogens with one attached hydrogen (secondary N) is 1. The number of hydrogen-bond donors (Lipinski definition) is 1. The molecule has 1 fully saturated rings. The summed E-state index contributed by atoms with van der Waals surface area (Å²) in [4.78, 5) is 0. The summed E-state index contributed by atoms with van der Waals surface area (Å²) in [5.74, 6) is 0.944. The molecule has 2 aromatic rings. The van der Waals surface area contributed by atoms with Gasteiger partial charge in [0, 0.05) is 18.7 Å². The first-order valence-electron chi connectivity index (χ1n) is 7.07. The van der Waals surface area contributed by atoms with Gasteiger partial charge in [-0.25, -0.2) is 4.39 Å². The molecule has 1 aliphatic rings. The van der Waals surface area contributed by atoms with Gasteiger partial charge < -0.3 is 10.1 Å². The summed E-state index contributed by atoms with van der Waals surface area (Å²) in [6.45, 7) is 2.83. The van der Waals surface area contributed by atoms with Crippen LogP contribution in [0.25, 0.3) is 0 Å². The second kappa shape index (κ2) is 6.16. The molecule has 110 valence electrons. The molecule has 1 saturated carbocycles. The fourth-order valence-corrected chi connectivity index (χ4v) is 2.42. The van der Waals surface area contributed by atoms with E-state index >= 15 is 0 Å². The molecule has 4 heteroatoms. The summed E-state index contributed by atoms with van der Waals surface area (Å²) in [5.41, 5.74) is 2.20. The molecule has 21 heavy (non-hydrogen) atoms. The van der Waals surface area contributed by atoms with Gasteiger partial charge in [0.1, 0.15) is 17.3 Å². The maximum absolute atomic E-state index is 13.3. The van der Waals surface area contributed by atoms with Crippen LogP contribution >= 0.6 is 15.9 Å². The van der Waals surface area contributed by atoms with E-state index < -0.39 is 0 Å². The SMILES string of the molecule is Cc1ccc(CNC2CC2)cc1Oc1cc(F)ccc1Br. The Kier molecular flexibility index (Phi) is 4.27. The molecule has 3 rings (SSSR count). The topological polar surface area (TPSA) is 21.3 Å². The molecule has 0 unspecified atom stereocenters. The van der Waals surface area contributed by atoms with Crippen molar-refractivity contribution in [1.29, 1.82) is 0 Å². The normalized spacial score (nSPS) is 14.2. The van der Waals surface area contributed by atoms with Crippen molar-refractivity contribution in [3.8, 4) is 11.5 Å². The molecule has 2 nitrogen and oxygen atoms in total. The fourth-order valence-electron chi connectivity index (χ4n) is 2.09. The Morgan fingerprint density at radius 2 is 2.00 bits per heavy atom. The predicted octanol–water partition coefficient (Wildman–Crippen LogP) is 4.94. The molecule has 0 bridgehead atoms. The Morgan fingerprint density at radius 1 is 1.19 bits per heavy atom. The molecule has 0 atom stereocenters. The van der Waals surface area contributed by atoms with Crippen LogP contribution in [0.2, 0.25) is 0 Å². The van der Waals surface area contributed by atoms with Crippen LogP contribution in [0.15, 0.2) is 40.9 Å². The fraction of sp³-hybridized carbons (Fsp3) is 0.294. The number of hydrogen-bond acceptors (Lipinski definition) is 2. The smallest absolute Gasteiger partial charge is 0.144 e. The molecule has 0 aliphatic heterocycles. The molecular weight excluding hydrogens is 333 g/mol. The van der Waals surface area contributed by atoms with Gasteiger partial charge in [0.15, 0.2) is 0 Å². The van der Waals surface area contributed by atoms with Crippen molar-refractivity contribution >= 4 is 15.9 Å². The predicted molar refractivity (Wildman–Crippen MR) is 85.2 cm³/mol. The summed E-state index contributed by atoms with van der Waals surface area (Å²) >= 11 is 3.39. The third kappa shape index (κ3) is 3.83. The van der Waals surface area contributed by atoms with Crippen LogP contribution < -0.4 is 10.1 Å². The Balaban J connectivity index is 1.79. The maximum Gasteiger partial charge on any atom is 0.144 e.